The van der Waals surface area contributed by atoms with Crippen LogP contribution in [0.15, 0.2) is 66.7 Å². The topological polar surface area (TPSA) is 87.8 Å². The van der Waals surface area contributed by atoms with E-state index in [9.17, 15) is 9.90 Å². The summed E-state index contributed by atoms with van der Waals surface area (Å²) in [5.74, 6) is 0.836. The molecule has 6 nitrogen and oxygen atoms in total. The number of hydrogen-bond acceptors (Lipinski definition) is 5. The maximum atomic E-state index is 12.8. The van der Waals surface area contributed by atoms with Crippen LogP contribution in [-0.2, 0) is 11.2 Å². The third-order valence-corrected chi connectivity index (χ3v) is 8.49. The number of aromatic hydroxyl groups is 1. The number of carbonyl (C=O) groups is 1. The van der Waals surface area contributed by atoms with Gasteiger partial charge in [0.2, 0.25) is 0 Å². The molecule has 0 bridgehead atoms. The van der Waals surface area contributed by atoms with Crippen molar-refractivity contribution in [3.05, 3.63) is 89.0 Å². The molecule has 2 aliphatic heterocycles. The fraction of sp³-hybridized carbons (Fsp3) is 0.424. The number of piperidine rings is 1. The Morgan fingerprint density at radius 3 is 2.34 bits per heavy atom. The van der Waals surface area contributed by atoms with Crippen molar-refractivity contribution < 1.29 is 14.6 Å². The lowest BCUT2D eigenvalue weighted by Gasteiger charge is -2.40. The number of nitrogens with zero attached hydrogens (tertiary/aromatic N) is 1. The number of phenols is 1. The zero-order valence-electron chi connectivity index (χ0n) is 23.9. The lowest BCUT2D eigenvalue weighted by atomic mass is 9.83. The number of fused-ring (bicyclic) bond motifs is 1. The van der Waals surface area contributed by atoms with E-state index < -0.39 is 0 Å². The number of likely N-dealkylation sites (tertiary alicyclic amines) is 1. The van der Waals surface area contributed by atoms with E-state index in [-0.39, 0.29) is 49.0 Å². The van der Waals surface area contributed by atoms with Crippen molar-refractivity contribution in [1.29, 1.82) is 0 Å². The highest BCUT2D eigenvalue weighted by atomic mass is 35.5. The first-order valence-electron chi connectivity index (χ1n) is 14.3. The van der Waals surface area contributed by atoms with Gasteiger partial charge in [-0.3, -0.25) is 4.79 Å². The zero-order valence-corrected chi connectivity index (χ0v) is 25.6. The predicted molar refractivity (Wildman–Crippen MR) is 170 cm³/mol. The van der Waals surface area contributed by atoms with E-state index in [0.29, 0.717) is 23.8 Å². The minimum atomic E-state index is -0.151. The number of ether oxygens (including phenoxy) is 1. The van der Waals surface area contributed by atoms with Gasteiger partial charge in [0, 0.05) is 36.7 Å². The van der Waals surface area contributed by atoms with Crippen LogP contribution in [0.2, 0.25) is 0 Å². The van der Waals surface area contributed by atoms with Gasteiger partial charge in [0.15, 0.2) is 0 Å². The highest BCUT2D eigenvalue weighted by molar-refractivity contribution is 5.94. The van der Waals surface area contributed by atoms with Crippen molar-refractivity contribution in [1.82, 2.24) is 10.2 Å². The van der Waals surface area contributed by atoms with Crippen molar-refractivity contribution in [3.8, 4) is 16.9 Å². The summed E-state index contributed by atoms with van der Waals surface area (Å²) in [6.07, 6.45) is 3.74. The smallest absolute Gasteiger partial charge is 0.251 e. The van der Waals surface area contributed by atoms with Gasteiger partial charge in [0.05, 0.1) is 12.2 Å². The molecule has 4 N–H and O–H groups in total. The number of amides is 1. The molecule has 1 fully saturated rings. The minimum absolute atomic E-state index is 0. The molecule has 1 saturated heterocycles. The standard InChI is InChI=1S/C33H41N3O3.2ClH/c1-22-8-13-28-29(32(22)37)20-30(39-31(28)21-34)26-15-18-36(19-16-26)17-14-23(2)35-33(38)27-11-9-25(10-12-27)24-6-4-3-5-7-24;;/h3-13,23,26,30-31,37H,14-21,34H2,1-2H3,(H,35,38);2*1H/t23?,30-,31-;;/m0../s1. The molecular weight excluding hydrogens is 557 g/mol. The normalized spacial score (nSPS) is 19.8. The third-order valence-electron chi connectivity index (χ3n) is 8.49. The van der Waals surface area contributed by atoms with Crippen LogP contribution in [0.4, 0.5) is 0 Å². The molecule has 1 amide bonds. The number of halogens is 2. The number of nitrogens with two attached hydrogens (primary N) is 1. The van der Waals surface area contributed by atoms with E-state index in [1.807, 2.05) is 55.5 Å². The highest BCUT2D eigenvalue weighted by Gasteiger charge is 2.35. The number of rotatable bonds is 8. The first-order chi connectivity index (χ1) is 18.9. The summed E-state index contributed by atoms with van der Waals surface area (Å²) in [4.78, 5) is 15.3. The van der Waals surface area contributed by atoms with Crippen LogP contribution in [0.1, 0.15) is 59.3 Å². The van der Waals surface area contributed by atoms with E-state index in [2.05, 4.69) is 35.3 Å². The Hall–Kier alpha value is -2.61. The molecule has 0 radical (unpaired) electrons. The summed E-state index contributed by atoms with van der Waals surface area (Å²) >= 11 is 0. The molecule has 2 aliphatic rings. The molecule has 0 spiro atoms. The molecule has 5 rings (SSSR count). The minimum Gasteiger partial charge on any atom is -0.507 e. The summed E-state index contributed by atoms with van der Waals surface area (Å²) in [6, 6.07) is 22.1. The van der Waals surface area contributed by atoms with Crippen LogP contribution in [0, 0.1) is 12.8 Å². The van der Waals surface area contributed by atoms with Crippen molar-refractivity contribution in [2.45, 2.75) is 57.8 Å². The Bertz CT molecular complexity index is 1260. The van der Waals surface area contributed by atoms with E-state index in [1.54, 1.807) is 0 Å². The van der Waals surface area contributed by atoms with Gasteiger partial charge in [-0.05, 0) is 86.5 Å². The Kier molecular flexibility index (Phi) is 12.1. The molecule has 1 unspecified atom stereocenters. The predicted octanol–water partition coefficient (Wildman–Crippen LogP) is 6.07. The molecule has 3 atom stereocenters. The number of phenolic OH excluding ortho intramolecular Hbond substituents is 1. The van der Waals surface area contributed by atoms with Gasteiger partial charge in [-0.25, -0.2) is 0 Å². The maximum Gasteiger partial charge on any atom is 0.251 e. The Labute approximate surface area is 256 Å². The molecule has 8 heteroatoms. The second-order valence-electron chi connectivity index (χ2n) is 11.2. The lowest BCUT2D eigenvalue weighted by molar-refractivity contribution is -0.0647. The molecule has 0 saturated carbocycles. The summed E-state index contributed by atoms with van der Waals surface area (Å²) in [5.41, 5.74) is 12.0. The van der Waals surface area contributed by atoms with Crippen LogP contribution in [0.3, 0.4) is 0 Å². The highest BCUT2D eigenvalue weighted by Crippen LogP contribution is 2.40. The Morgan fingerprint density at radius 2 is 1.68 bits per heavy atom. The fourth-order valence-electron chi connectivity index (χ4n) is 6.03. The van der Waals surface area contributed by atoms with Gasteiger partial charge in [-0.1, -0.05) is 54.6 Å². The number of benzene rings is 3. The van der Waals surface area contributed by atoms with Crippen molar-refractivity contribution in [2.75, 3.05) is 26.2 Å². The summed E-state index contributed by atoms with van der Waals surface area (Å²) < 4.78 is 6.45. The number of nitrogens with one attached hydrogen (secondary N) is 1. The van der Waals surface area contributed by atoms with Gasteiger partial charge >= 0.3 is 0 Å². The molecule has 3 aromatic carbocycles. The number of aryl methyl sites for hydroxylation is 1. The van der Waals surface area contributed by atoms with Crippen molar-refractivity contribution in [3.63, 3.8) is 0 Å². The van der Waals surface area contributed by atoms with Gasteiger partial charge < -0.3 is 25.8 Å². The summed E-state index contributed by atoms with van der Waals surface area (Å²) in [7, 11) is 0. The van der Waals surface area contributed by atoms with Gasteiger partial charge in [-0.15, -0.1) is 24.8 Å². The first-order valence-corrected chi connectivity index (χ1v) is 14.3. The van der Waals surface area contributed by atoms with Gasteiger partial charge in [-0.2, -0.15) is 0 Å². The second kappa shape index (κ2) is 15.0. The first kappa shape index (κ1) is 32.9. The van der Waals surface area contributed by atoms with Gasteiger partial charge in [0.1, 0.15) is 5.75 Å². The van der Waals surface area contributed by atoms with E-state index in [1.165, 1.54) is 0 Å². The average molecular weight is 601 g/mol. The van der Waals surface area contributed by atoms with Crippen LogP contribution in [0.25, 0.3) is 11.1 Å². The lowest BCUT2D eigenvalue weighted by Crippen LogP contribution is -2.43. The summed E-state index contributed by atoms with van der Waals surface area (Å²) in [5, 5.41) is 13.9. The average Bonchev–Trinajstić information content (AvgIpc) is 2.98. The molecule has 2 heterocycles. The van der Waals surface area contributed by atoms with E-state index >= 15 is 0 Å². The maximum absolute atomic E-state index is 12.8. The van der Waals surface area contributed by atoms with Crippen LogP contribution in [-0.4, -0.2) is 54.2 Å². The van der Waals surface area contributed by atoms with Crippen LogP contribution >= 0.6 is 24.8 Å². The van der Waals surface area contributed by atoms with Crippen LogP contribution < -0.4 is 11.1 Å². The SMILES string of the molecule is Cc1ccc2c(c1O)C[C@@H](C1CCN(CCC(C)NC(=O)c3ccc(-c4ccccc4)cc3)CC1)O[C@H]2CN.Cl.Cl. The molecular formula is C33H43Cl2N3O3. The molecule has 41 heavy (non-hydrogen) atoms. The molecule has 0 aromatic heterocycles. The number of hydrogen-bond donors (Lipinski definition) is 3. The van der Waals surface area contributed by atoms with Gasteiger partial charge in [0.25, 0.3) is 5.91 Å². The summed E-state index contributed by atoms with van der Waals surface area (Å²) in [6.45, 7) is 7.45. The van der Waals surface area contributed by atoms with E-state index in [4.69, 9.17) is 10.5 Å². The van der Waals surface area contributed by atoms with Crippen molar-refractivity contribution in [2.24, 2.45) is 11.7 Å². The Balaban J connectivity index is 0.00000231. The van der Waals surface area contributed by atoms with Crippen LogP contribution in [0.5, 0.6) is 5.75 Å². The van der Waals surface area contributed by atoms with E-state index in [0.717, 1.165) is 73.1 Å². The second-order valence-corrected chi connectivity index (χ2v) is 11.2. The van der Waals surface area contributed by atoms with Crippen molar-refractivity contribution >= 4 is 30.7 Å². The largest absolute Gasteiger partial charge is 0.507 e. The molecule has 222 valence electrons. The number of carbonyl (C=O) groups excluding carboxylic acids is 1. The Morgan fingerprint density at radius 1 is 1.02 bits per heavy atom. The zero-order chi connectivity index (χ0) is 27.4. The molecule has 3 aromatic rings. The molecule has 0 aliphatic carbocycles. The third kappa shape index (κ3) is 7.82. The fourth-order valence-corrected chi connectivity index (χ4v) is 6.03. The quantitative estimate of drug-likeness (QED) is 0.292. The monoisotopic (exact) mass is 599 g/mol.